The summed E-state index contributed by atoms with van der Waals surface area (Å²) in [4.78, 5) is 23.7. The minimum atomic E-state index is -1.04. The molecule has 1 rings (SSSR count). The van der Waals surface area contributed by atoms with E-state index in [-0.39, 0.29) is 25.4 Å². The molecule has 0 saturated heterocycles. The molecule has 5 heteroatoms. The van der Waals surface area contributed by atoms with Crippen molar-refractivity contribution in [2.45, 2.75) is 40.2 Å². The monoisotopic (exact) mass is 293 g/mol. The number of aryl methyl sites for hydroxylation is 2. The Bertz CT molecular complexity index is 525. The van der Waals surface area contributed by atoms with E-state index in [0.717, 1.165) is 22.3 Å². The van der Waals surface area contributed by atoms with E-state index in [1.807, 2.05) is 33.8 Å². The Morgan fingerprint density at radius 1 is 1.14 bits per heavy atom. The van der Waals surface area contributed by atoms with Crippen molar-refractivity contribution in [3.63, 3.8) is 0 Å². The third-order valence-electron chi connectivity index (χ3n) is 3.81. The first-order valence-electron chi connectivity index (χ1n) is 6.97. The summed E-state index contributed by atoms with van der Waals surface area (Å²) in [6.07, 6.45) is -0.301. The van der Waals surface area contributed by atoms with Crippen LogP contribution in [0.2, 0.25) is 0 Å². The number of aliphatic hydroxyl groups is 1. The maximum Gasteiger partial charge on any atom is 0.305 e. The van der Waals surface area contributed by atoms with E-state index in [0.29, 0.717) is 5.56 Å². The van der Waals surface area contributed by atoms with E-state index in [9.17, 15) is 9.59 Å². The van der Waals surface area contributed by atoms with Crippen molar-refractivity contribution in [2.75, 3.05) is 13.2 Å². The number of nitrogens with one attached hydrogen (secondary N) is 1. The van der Waals surface area contributed by atoms with Gasteiger partial charge in [-0.1, -0.05) is 6.07 Å². The molecule has 116 valence electrons. The number of carboxylic acid groups (broad SMARTS) is 1. The van der Waals surface area contributed by atoms with Crippen LogP contribution in [0, 0.1) is 27.7 Å². The number of carboxylic acids is 1. The number of hydrogen-bond donors (Lipinski definition) is 3. The summed E-state index contributed by atoms with van der Waals surface area (Å²) in [6.45, 7) is 7.66. The number of ketones is 1. The highest BCUT2D eigenvalue weighted by Gasteiger charge is 2.26. The second-order valence-electron chi connectivity index (χ2n) is 5.33. The molecule has 0 spiro atoms. The fourth-order valence-electron chi connectivity index (χ4n) is 2.43. The fraction of sp³-hybridized carbons (Fsp3) is 0.500. The maximum atomic E-state index is 12.7. The van der Waals surface area contributed by atoms with Gasteiger partial charge in [-0.15, -0.1) is 0 Å². The van der Waals surface area contributed by atoms with Gasteiger partial charge in [-0.3, -0.25) is 9.59 Å². The smallest absolute Gasteiger partial charge is 0.305 e. The second kappa shape index (κ2) is 7.33. The zero-order valence-electron chi connectivity index (χ0n) is 13.0. The van der Waals surface area contributed by atoms with E-state index in [1.54, 1.807) is 0 Å². The lowest BCUT2D eigenvalue weighted by Crippen LogP contribution is -2.40. The molecule has 1 aromatic rings. The minimum Gasteiger partial charge on any atom is -0.481 e. The highest BCUT2D eigenvalue weighted by molar-refractivity contribution is 6.04. The van der Waals surface area contributed by atoms with Crippen molar-refractivity contribution < 1.29 is 19.8 Å². The van der Waals surface area contributed by atoms with Gasteiger partial charge in [0, 0.05) is 12.1 Å². The third kappa shape index (κ3) is 4.12. The predicted octanol–water partition coefficient (Wildman–Crippen LogP) is 1.53. The van der Waals surface area contributed by atoms with Gasteiger partial charge in [0.2, 0.25) is 0 Å². The van der Waals surface area contributed by atoms with Crippen molar-refractivity contribution in [3.05, 3.63) is 33.9 Å². The van der Waals surface area contributed by atoms with Crippen molar-refractivity contribution in [1.29, 1.82) is 0 Å². The minimum absolute atomic E-state index is 0.145. The van der Waals surface area contributed by atoms with Crippen LogP contribution in [0.25, 0.3) is 0 Å². The Hall–Kier alpha value is -1.72. The van der Waals surface area contributed by atoms with Crippen LogP contribution in [-0.2, 0) is 4.79 Å². The van der Waals surface area contributed by atoms with E-state index < -0.39 is 12.0 Å². The van der Waals surface area contributed by atoms with Crippen LogP contribution in [0.3, 0.4) is 0 Å². The summed E-state index contributed by atoms with van der Waals surface area (Å²) in [5.41, 5.74) is 4.37. The van der Waals surface area contributed by atoms with Crippen LogP contribution in [0.5, 0.6) is 0 Å². The number of rotatable bonds is 7. The standard InChI is InChI=1S/C16H23NO4/c1-9-7-10(2)12(4)15(11(9)3)16(21)13(8-14(19)20)17-5-6-18/h7,13,17-18H,5-6,8H2,1-4H3,(H,19,20). The van der Waals surface area contributed by atoms with Gasteiger partial charge in [0.05, 0.1) is 19.1 Å². The molecular weight excluding hydrogens is 270 g/mol. The first-order chi connectivity index (χ1) is 9.79. The number of aliphatic carboxylic acids is 1. The van der Waals surface area contributed by atoms with Crippen molar-refractivity contribution in [2.24, 2.45) is 0 Å². The molecule has 1 atom stereocenters. The Labute approximate surface area is 125 Å². The summed E-state index contributed by atoms with van der Waals surface area (Å²) in [7, 11) is 0. The number of carbonyl (C=O) groups is 2. The van der Waals surface area contributed by atoms with E-state index in [4.69, 9.17) is 10.2 Å². The molecule has 0 aliphatic rings. The molecule has 0 fully saturated rings. The molecule has 0 saturated carbocycles. The lowest BCUT2D eigenvalue weighted by atomic mass is 9.88. The normalized spacial score (nSPS) is 12.2. The van der Waals surface area contributed by atoms with Gasteiger partial charge >= 0.3 is 5.97 Å². The van der Waals surface area contributed by atoms with Crippen LogP contribution < -0.4 is 5.32 Å². The molecule has 1 unspecified atom stereocenters. The molecule has 0 aromatic heterocycles. The Morgan fingerprint density at radius 3 is 2.10 bits per heavy atom. The molecule has 0 amide bonds. The number of hydrogen-bond acceptors (Lipinski definition) is 4. The largest absolute Gasteiger partial charge is 0.481 e. The molecule has 21 heavy (non-hydrogen) atoms. The van der Waals surface area contributed by atoms with Gasteiger partial charge in [0.25, 0.3) is 0 Å². The van der Waals surface area contributed by atoms with Gasteiger partial charge in [-0.25, -0.2) is 0 Å². The van der Waals surface area contributed by atoms with Gasteiger partial charge in [-0.2, -0.15) is 0 Å². The molecular formula is C16H23NO4. The van der Waals surface area contributed by atoms with Crippen LogP contribution >= 0.6 is 0 Å². The SMILES string of the molecule is Cc1cc(C)c(C)c(C(=O)C(CC(=O)O)NCCO)c1C. The number of Topliss-reactive ketones (excluding diaryl/α,β-unsaturated/α-hetero) is 1. The first kappa shape index (κ1) is 17.3. The van der Waals surface area contributed by atoms with Crippen LogP contribution in [0.4, 0.5) is 0 Å². The van der Waals surface area contributed by atoms with Gasteiger partial charge in [-0.05, 0) is 49.9 Å². The van der Waals surface area contributed by atoms with E-state index in [1.165, 1.54) is 0 Å². The first-order valence-corrected chi connectivity index (χ1v) is 6.97. The van der Waals surface area contributed by atoms with Crippen molar-refractivity contribution in [3.8, 4) is 0 Å². The zero-order valence-corrected chi connectivity index (χ0v) is 13.0. The number of aliphatic hydroxyl groups excluding tert-OH is 1. The Balaban J connectivity index is 3.22. The zero-order chi connectivity index (χ0) is 16.2. The predicted molar refractivity (Wildman–Crippen MR) is 80.8 cm³/mol. The molecule has 1 aromatic carbocycles. The molecule has 0 bridgehead atoms. The molecule has 0 radical (unpaired) electrons. The Morgan fingerprint density at radius 2 is 1.67 bits per heavy atom. The van der Waals surface area contributed by atoms with E-state index >= 15 is 0 Å². The van der Waals surface area contributed by atoms with Crippen molar-refractivity contribution in [1.82, 2.24) is 5.32 Å². The van der Waals surface area contributed by atoms with Crippen LogP contribution in [0.15, 0.2) is 6.07 Å². The summed E-state index contributed by atoms with van der Waals surface area (Å²) >= 11 is 0. The molecule has 3 N–H and O–H groups in total. The lowest BCUT2D eigenvalue weighted by Gasteiger charge is -2.20. The molecule has 0 aliphatic carbocycles. The maximum absolute atomic E-state index is 12.7. The average Bonchev–Trinajstić information content (AvgIpc) is 2.41. The lowest BCUT2D eigenvalue weighted by molar-refractivity contribution is -0.137. The highest BCUT2D eigenvalue weighted by Crippen LogP contribution is 2.23. The molecule has 0 aliphatic heterocycles. The van der Waals surface area contributed by atoms with Gasteiger partial charge < -0.3 is 15.5 Å². The summed E-state index contributed by atoms with van der Waals surface area (Å²) in [5, 5.41) is 20.7. The van der Waals surface area contributed by atoms with Crippen LogP contribution in [-0.4, -0.2) is 41.2 Å². The average molecular weight is 293 g/mol. The number of carbonyl (C=O) groups excluding carboxylic acids is 1. The van der Waals surface area contributed by atoms with Gasteiger partial charge in [0.15, 0.2) is 5.78 Å². The summed E-state index contributed by atoms with van der Waals surface area (Å²) in [5.74, 6) is -1.27. The second-order valence-corrected chi connectivity index (χ2v) is 5.33. The molecule has 0 heterocycles. The van der Waals surface area contributed by atoms with Gasteiger partial charge in [0.1, 0.15) is 0 Å². The summed E-state index contributed by atoms with van der Waals surface area (Å²) < 4.78 is 0. The quantitative estimate of drug-likeness (QED) is 0.664. The fourth-order valence-corrected chi connectivity index (χ4v) is 2.43. The Kier molecular flexibility index (Phi) is 6.05. The number of benzene rings is 1. The third-order valence-corrected chi connectivity index (χ3v) is 3.81. The van der Waals surface area contributed by atoms with E-state index in [2.05, 4.69) is 5.32 Å². The topological polar surface area (TPSA) is 86.6 Å². The summed E-state index contributed by atoms with van der Waals surface area (Å²) in [6, 6.07) is 1.20. The highest BCUT2D eigenvalue weighted by atomic mass is 16.4. The molecule has 5 nitrogen and oxygen atoms in total. The van der Waals surface area contributed by atoms with Crippen LogP contribution in [0.1, 0.15) is 39.0 Å². The van der Waals surface area contributed by atoms with Crippen molar-refractivity contribution >= 4 is 11.8 Å².